The van der Waals surface area contributed by atoms with Crippen molar-refractivity contribution < 1.29 is 9.45 Å². The zero-order chi connectivity index (χ0) is 5.70. The topological polar surface area (TPSA) is 50.1 Å². The van der Waals surface area contributed by atoms with E-state index in [0.29, 0.717) is 0 Å². The summed E-state index contributed by atoms with van der Waals surface area (Å²) < 4.78 is 3.63. The highest BCUT2D eigenvalue weighted by Crippen LogP contribution is 1.76. The fourth-order valence-electron chi connectivity index (χ4n) is 0.106. The molecule has 0 saturated heterocycles. The minimum atomic E-state index is -0.706. The Balaban J connectivity index is 3.23. The monoisotopic (exact) mass is 95.0 g/mol. The maximum Gasteiger partial charge on any atom is 0.378 e. The molecule has 0 N–H and O–H groups in total. The van der Waals surface area contributed by atoms with Gasteiger partial charge in [0.15, 0.2) is 0 Å². The maximum atomic E-state index is 9.84. The molecule has 0 atom stereocenters. The van der Waals surface area contributed by atoms with Crippen LogP contribution in [0, 0.1) is 11.3 Å². The van der Waals surface area contributed by atoms with Crippen LogP contribution in [0.5, 0.6) is 0 Å². The lowest BCUT2D eigenvalue weighted by Gasteiger charge is -1.86. The third-order valence-corrected chi connectivity index (χ3v) is 0.355. The molecule has 0 saturated carbocycles. The van der Waals surface area contributed by atoms with E-state index in [0.717, 1.165) is 0 Å². The van der Waals surface area contributed by atoms with Gasteiger partial charge in [0.1, 0.15) is 6.42 Å². The van der Waals surface area contributed by atoms with Gasteiger partial charge < -0.3 is 4.65 Å². The smallest absolute Gasteiger partial charge is 0.378 e. The molecule has 0 aliphatic rings. The number of carbonyl (C=O) groups is 1. The second kappa shape index (κ2) is 3.22. The van der Waals surface area contributed by atoms with E-state index in [4.69, 9.17) is 5.26 Å². The lowest BCUT2D eigenvalue weighted by Crippen LogP contribution is -1.97. The van der Waals surface area contributed by atoms with Crippen LogP contribution in [0.25, 0.3) is 0 Å². The van der Waals surface area contributed by atoms with E-state index in [2.05, 4.69) is 12.7 Å². The summed E-state index contributed by atoms with van der Waals surface area (Å²) in [5, 5.41) is 7.76. The van der Waals surface area contributed by atoms with Crippen LogP contribution in [0.4, 0.5) is 0 Å². The Hall–Kier alpha value is -0.975. The first kappa shape index (κ1) is 6.02. The lowest BCUT2D eigenvalue weighted by molar-refractivity contribution is -0.132. The quantitative estimate of drug-likeness (QED) is 0.413. The third kappa shape index (κ3) is 2.84. The Kier molecular flexibility index (Phi) is 2.77. The Morgan fingerprint density at radius 1 is 2.00 bits per heavy atom. The molecule has 0 heterocycles. The minimum absolute atomic E-state index is 0.281. The van der Waals surface area contributed by atoms with Crippen LogP contribution in [-0.4, -0.2) is 14.0 Å². The highest BCUT2D eigenvalue weighted by molar-refractivity contribution is 6.05. The fourth-order valence-corrected chi connectivity index (χ4v) is 0.106. The summed E-state index contributed by atoms with van der Waals surface area (Å²) in [7, 11) is 4.36. The molecule has 0 aliphatic carbocycles. The molecule has 0 spiro atoms. The predicted molar refractivity (Wildman–Crippen MR) is 22.1 cm³/mol. The highest BCUT2D eigenvalue weighted by Gasteiger charge is 1.92. The molecule has 0 aliphatic heterocycles. The fraction of sp³-hybridized carbons (Fsp3) is 0.333. The first-order valence-electron chi connectivity index (χ1n) is 1.57. The zero-order valence-electron chi connectivity index (χ0n) is 3.55. The van der Waals surface area contributed by atoms with Gasteiger partial charge in [0, 0.05) is 0 Å². The summed E-state index contributed by atoms with van der Waals surface area (Å²) >= 11 is 0. The van der Waals surface area contributed by atoms with Gasteiger partial charge in [0.05, 0.1) is 6.07 Å². The number of hydrogen-bond acceptors (Lipinski definition) is 3. The minimum Gasteiger partial charge on any atom is -0.543 e. The number of nitrogens with zero attached hydrogens (tertiary/aromatic N) is 1. The number of hydrogen-bond donors (Lipinski definition) is 0. The van der Waals surface area contributed by atoms with Gasteiger partial charge in [-0.3, -0.25) is 4.79 Å². The van der Waals surface area contributed by atoms with Gasteiger partial charge in [-0.2, -0.15) is 5.26 Å². The van der Waals surface area contributed by atoms with E-state index in [1.165, 1.54) is 0 Å². The SMILES string of the molecule is [B]OC(=O)CC#N. The summed E-state index contributed by atoms with van der Waals surface area (Å²) in [6.45, 7) is 0. The van der Waals surface area contributed by atoms with Gasteiger partial charge in [-0.15, -0.1) is 0 Å². The van der Waals surface area contributed by atoms with Gasteiger partial charge >= 0.3 is 14.0 Å². The second-order valence-corrected chi connectivity index (χ2v) is 0.825. The van der Waals surface area contributed by atoms with Gasteiger partial charge in [0.25, 0.3) is 0 Å². The van der Waals surface area contributed by atoms with E-state index in [-0.39, 0.29) is 6.42 Å². The largest absolute Gasteiger partial charge is 0.543 e. The normalized spacial score (nSPS) is 6.71. The molecule has 0 aromatic heterocycles. The standard InChI is InChI=1S/C3H2BNO2/c4-7-3(6)1-2-5/h1H2. The number of carbonyl (C=O) groups excluding carboxylic acids is 1. The van der Waals surface area contributed by atoms with Crippen molar-refractivity contribution in [3.05, 3.63) is 0 Å². The van der Waals surface area contributed by atoms with E-state index in [1.54, 1.807) is 6.07 Å². The lowest BCUT2D eigenvalue weighted by atomic mass is 10.4. The summed E-state index contributed by atoms with van der Waals surface area (Å²) in [5.74, 6) is -0.706. The molecular weight excluding hydrogens is 92.9 g/mol. The molecule has 0 fully saturated rings. The van der Waals surface area contributed by atoms with Crippen molar-refractivity contribution in [2.75, 3.05) is 0 Å². The first-order chi connectivity index (χ1) is 3.31. The molecule has 0 amide bonds. The molecule has 0 aromatic carbocycles. The average molecular weight is 94.9 g/mol. The second-order valence-electron chi connectivity index (χ2n) is 0.825. The van der Waals surface area contributed by atoms with Crippen molar-refractivity contribution in [3.8, 4) is 6.07 Å². The molecule has 34 valence electrons. The van der Waals surface area contributed by atoms with Gasteiger partial charge in [-0.1, -0.05) is 0 Å². The molecule has 0 unspecified atom stereocenters. The Morgan fingerprint density at radius 3 is 2.71 bits per heavy atom. The molecule has 0 bridgehead atoms. The van der Waals surface area contributed by atoms with Crippen molar-refractivity contribution in [1.29, 1.82) is 5.26 Å². The molecule has 2 radical (unpaired) electrons. The Morgan fingerprint density at radius 2 is 2.57 bits per heavy atom. The predicted octanol–water partition coefficient (Wildman–Crippen LogP) is -0.473. The Labute approximate surface area is 42.3 Å². The van der Waals surface area contributed by atoms with Crippen molar-refractivity contribution in [3.63, 3.8) is 0 Å². The van der Waals surface area contributed by atoms with Crippen molar-refractivity contribution >= 4 is 14.0 Å². The molecule has 3 nitrogen and oxygen atoms in total. The molecule has 4 heteroatoms. The van der Waals surface area contributed by atoms with E-state index >= 15 is 0 Å². The van der Waals surface area contributed by atoms with Crippen molar-refractivity contribution in [1.82, 2.24) is 0 Å². The van der Waals surface area contributed by atoms with Crippen LogP contribution in [0.3, 0.4) is 0 Å². The number of nitriles is 1. The summed E-state index contributed by atoms with van der Waals surface area (Å²) in [6.07, 6.45) is -0.281. The summed E-state index contributed by atoms with van der Waals surface area (Å²) in [5.41, 5.74) is 0. The molecule has 0 rings (SSSR count). The molecule has 0 aromatic rings. The van der Waals surface area contributed by atoms with E-state index in [1.807, 2.05) is 0 Å². The summed E-state index contributed by atoms with van der Waals surface area (Å²) in [6, 6.07) is 1.56. The molecular formula is C3H2BNO2. The van der Waals surface area contributed by atoms with Crippen LogP contribution >= 0.6 is 0 Å². The van der Waals surface area contributed by atoms with Crippen LogP contribution < -0.4 is 0 Å². The average Bonchev–Trinajstić information content (AvgIpc) is 1.68. The first-order valence-corrected chi connectivity index (χ1v) is 1.57. The number of rotatable bonds is 1. The van der Waals surface area contributed by atoms with Crippen molar-refractivity contribution in [2.45, 2.75) is 6.42 Å². The van der Waals surface area contributed by atoms with Crippen molar-refractivity contribution in [2.24, 2.45) is 0 Å². The molecule has 7 heavy (non-hydrogen) atoms. The van der Waals surface area contributed by atoms with Crippen LogP contribution in [-0.2, 0) is 9.45 Å². The van der Waals surface area contributed by atoms with E-state index < -0.39 is 5.97 Å². The Bertz CT molecular complexity index is 106. The van der Waals surface area contributed by atoms with Gasteiger partial charge in [0.2, 0.25) is 0 Å². The van der Waals surface area contributed by atoms with Crippen LogP contribution in [0.2, 0.25) is 0 Å². The highest BCUT2D eigenvalue weighted by atomic mass is 16.5. The maximum absolute atomic E-state index is 9.84. The summed E-state index contributed by atoms with van der Waals surface area (Å²) in [4.78, 5) is 9.84. The van der Waals surface area contributed by atoms with Gasteiger partial charge in [-0.05, 0) is 0 Å². The van der Waals surface area contributed by atoms with E-state index in [9.17, 15) is 4.79 Å². The third-order valence-electron chi connectivity index (χ3n) is 0.355. The van der Waals surface area contributed by atoms with Gasteiger partial charge in [-0.25, -0.2) is 0 Å². The van der Waals surface area contributed by atoms with Crippen LogP contribution in [0.1, 0.15) is 6.42 Å². The zero-order valence-corrected chi connectivity index (χ0v) is 3.55. The van der Waals surface area contributed by atoms with Crippen LogP contribution in [0.15, 0.2) is 0 Å².